The van der Waals surface area contributed by atoms with Crippen molar-refractivity contribution >= 4 is 22.9 Å². The number of fused-ring (bicyclic) bond motifs is 1. The van der Waals surface area contributed by atoms with Gasteiger partial charge in [0.15, 0.2) is 0 Å². The molecule has 2 aromatic heterocycles. The lowest BCUT2D eigenvalue weighted by atomic mass is 10.3. The van der Waals surface area contributed by atoms with E-state index < -0.39 is 0 Å². The third-order valence-electron chi connectivity index (χ3n) is 3.49. The maximum atomic E-state index is 12.3. The molecule has 4 rings (SSSR count). The third kappa shape index (κ3) is 2.57. The van der Waals surface area contributed by atoms with Crippen molar-refractivity contribution in [1.29, 1.82) is 0 Å². The largest absolute Gasteiger partial charge is 0.324 e. The zero-order valence-corrected chi connectivity index (χ0v) is 12.1. The Kier molecular flexibility index (Phi) is 3.12. The van der Waals surface area contributed by atoms with E-state index in [4.69, 9.17) is 0 Å². The zero-order valence-electron chi connectivity index (χ0n) is 12.1. The summed E-state index contributed by atoms with van der Waals surface area (Å²) in [5.74, 6) is 0.162. The number of imidazole rings is 1. The number of nitrogens with zero attached hydrogens (tertiary/aromatic N) is 3. The molecule has 0 radical (unpaired) electrons. The molecule has 6 heteroatoms. The lowest BCUT2D eigenvalue weighted by molar-refractivity contribution is 0.102. The van der Waals surface area contributed by atoms with Gasteiger partial charge in [-0.1, -0.05) is 30.3 Å². The third-order valence-corrected chi connectivity index (χ3v) is 3.49. The Labute approximate surface area is 131 Å². The number of carbonyl (C=O) groups excluding carboxylic acids is 1. The standard InChI is InChI=1S/C17H13N5O/c23-16(21-17-19-14-8-4-5-9-15(14)20-17)12-10-18-22(11-12)13-6-2-1-3-7-13/h1-11H,(H2,19,20,21,23). The number of H-pyrrole nitrogens is 1. The van der Waals surface area contributed by atoms with Crippen molar-refractivity contribution in [3.05, 3.63) is 72.6 Å². The second-order valence-corrected chi connectivity index (χ2v) is 5.07. The van der Waals surface area contributed by atoms with E-state index in [1.807, 2.05) is 54.6 Å². The second-order valence-electron chi connectivity index (χ2n) is 5.07. The van der Waals surface area contributed by atoms with Gasteiger partial charge in [0, 0.05) is 6.20 Å². The van der Waals surface area contributed by atoms with Gasteiger partial charge in [0.05, 0.1) is 28.5 Å². The number of aromatic amines is 1. The first-order chi connectivity index (χ1) is 11.3. The van der Waals surface area contributed by atoms with Crippen LogP contribution in [0, 0.1) is 0 Å². The molecule has 0 bridgehead atoms. The Morgan fingerprint density at radius 3 is 2.65 bits per heavy atom. The number of hydrogen-bond donors (Lipinski definition) is 2. The number of para-hydroxylation sites is 3. The van der Waals surface area contributed by atoms with Crippen LogP contribution in [0.5, 0.6) is 0 Å². The molecular formula is C17H13N5O. The Balaban J connectivity index is 1.56. The first-order valence-corrected chi connectivity index (χ1v) is 7.16. The molecule has 6 nitrogen and oxygen atoms in total. The number of rotatable bonds is 3. The Bertz CT molecular complexity index is 938. The first-order valence-electron chi connectivity index (χ1n) is 7.16. The molecule has 2 N–H and O–H groups in total. The van der Waals surface area contributed by atoms with E-state index in [0.717, 1.165) is 16.7 Å². The van der Waals surface area contributed by atoms with Crippen LogP contribution < -0.4 is 5.32 Å². The summed E-state index contributed by atoms with van der Waals surface area (Å²) in [6, 6.07) is 17.2. The smallest absolute Gasteiger partial charge is 0.261 e. The zero-order chi connectivity index (χ0) is 15.6. The Morgan fingerprint density at radius 2 is 1.83 bits per heavy atom. The van der Waals surface area contributed by atoms with Crippen LogP contribution in [0.15, 0.2) is 67.0 Å². The molecule has 0 unspecified atom stereocenters. The minimum atomic E-state index is -0.258. The van der Waals surface area contributed by atoms with Gasteiger partial charge in [-0.25, -0.2) is 9.67 Å². The highest BCUT2D eigenvalue weighted by molar-refractivity contribution is 6.03. The van der Waals surface area contributed by atoms with Crippen LogP contribution in [0.2, 0.25) is 0 Å². The number of aromatic nitrogens is 4. The number of hydrogen-bond acceptors (Lipinski definition) is 3. The molecule has 0 fully saturated rings. The molecule has 1 amide bonds. The lowest BCUT2D eigenvalue weighted by Gasteiger charge is -2.00. The summed E-state index contributed by atoms with van der Waals surface area (Å²) in [7, 11) is 0. The van der Waals surface area contributed by atoms with Gasteiger partial charge in [-0.3, -0.25) is 10.1 Å². The molecule has 0 aliphatic heterocycles. The van der Waals surface area contributed by atoms with Crippen LogP contribution in [0.25, 0.3) is 16.7 Å². The molecule has 0 spiro atoms. The molecular weight excluding hydrogens is 290 g/mol. The summed E-state index contributed by atoms with van der Waals surface area (Å²) in [6.07, 6.45) is 3.22. The van der Waals surface area contributed by atoms with Crippen molar-refractivity contribution in [1.82, 2.24) is 19.7 Å². The summed E-state index contributed by atoms with van der Waals surface area (Å²) < 4.78 is 1.66. The van der Waals surface area contributed by atoms with Gasteiger partial charge in [-0.2, -0.15) is 5.10 Å². The molecule has 0 aliphatic carbocycles. The highest BCUT2D eigenvalue weighted by atomic mass is 16.1. The maximum absolute atomic E-state index is 12.3. The van der Waals surface area contributed by atoms with Crippen molar-refractivity contribution < 1.29 is 4.79 Å². The summed E-state index contributed by atoms with van der Waals surface area (Å²) in [4.78, 5) is 19.7. The van der Waals surface area contributed by atoms with E-state index in [1.54, 1.807) is 10.9 Å². The van der Waals surface area contributed by atoms with Crippen LogP contribution in [0.4, 0.5) is 5.95 Å². The van der Waals surface area contributed by atoms with Crippen molar-refractivity contribution in [2.24, 2.45) is 0 Å². The van der Waals surface area contributed by atoms with E-state index in [1.165, 1.54) is 6.20 Å². The fourth-order valence-electron chi connectivity index (χ4n) is 2.35. The SMILES string of the molecule is O=C(Nc1nc2ccccc2[nH]1)c1cnn(-c2ccccc2)c1. The topological polar surface area (TPSA) is 75.6 Å². The van der Waals surface area contributed by atoms with Gasteiger partial charge in [0.1, 0.15) is 0 Å². The minimum absolute atomic E-state index is 0.258. The lowest BCUT2D eigenvalue weighted by Crippen LogP contribution is -2.12. The quantitative estimate of drug-likeness (QED) is 0.611. The van der Waals surface area contributed by atoms with Gasteiger partial charge in [-0.15, -0.1) is 0 Å². The molecule has 112 valence electrons. The summed E-state index contributed by atoms with van der Waals surface area (Å²) in [6.45, 7) is 0. The normalized spacial score (nSPS) is 10.8. The summed E-state index contributed by atoms with van der Waals surface area (Å²) in [5, 5.41) is 6.97. The molecule has 2 aromatic carbocycles. The summed E-state index contributed by atoms with van der Waals surface area (Å²) >= 11 is 0. The van der Waals surface area contributed by atoms with E-state index in [0.29, 0.717) is 11.5 Å². The van der Waals surface area contributed by atoms with E-state index in [9.17, 15) is 4.79 Å². The highest BCUT2D eigenvalue weighted by Crippen LogP contribution is 2.14. The molecule has 2 heterocycles. The van der Waals surface area contributed by atoms with Gasteiger partial charge in [-0.05, 0) is 24.3 Å². The van der Waals surface area contributed by atoms with Crippen LogP contribution in [0.1, 0.15) is 10.4 Å². The fraction of sp³-hybridized carbons (Fsp3) is 0. The van der Waals surface area contributed by atoms with Gasteiger partial charge in [0.25, 0.3) is 5.91 Å². The van der Waals surface area contributed by atoms with Crippen LogP contribution in [0.3, 0.4) is 0 Å². The van der Waals surface area contributed by atoms with Gasteiger partial charge < -0.3 is 4.98 Å². The molecule has 4 aromatic rings. The summed E-state index contributed by atoms with van der Waals surface area (Å²) in [5.41, 5.74) is 3.05. The highest BCUT2D eigenvalue weighted by Gasteiger charge is 2.12. The predicted octanol–water partition coefficient (Wildman–Crippen LogP) is 3.00. The van der Waals surface area contributed by atoms with E-state index in [2.05, 4.69) is 20.4 Å². The van der Waals surface area contributed by atoms with Crippen LogP contribution in [-0.4, -0.2) is 25.7 Å². The van der Waals surface area contributed by atoms with Crippen molar-refractivity contribution in [3.8, 4) is 5.69 Å². The van der Waals surface area contributed by atoms with Crippen molar-refractivity contribution in [3.63, 3.8) is 0 Å². The molecule has 0 aliphatic rings. The molecule has 0 saturated heterocycles. The Hall–Kier alpha value is -3.41. The van der Waals surface area contributed by atoms with Gasteiger partial charge in [0.2, 0.25) is 5.95 Å². The average Bonchev–Trinajstić information content (AvgIpc) is 3.22. The number of amides is 1. The van der Waals surface area contributed by atoms with Crippen molar-refractivity contribution in [2.75, 3.05) is 5.32 Å². The predicted molar refractivity (Wildman–Crippen MR) is 87.6 cm³/mol. The van der Waals surface area contributed by atoms with E-state index in [-0.39, 0.29) is 5.91 Å². The number of benzene rings is 2. The number of anilines is 1. The van der Waals surface area contributed by atoms with Crippen LogP contribution >= 0.6 is 0 Å². The van der Waals surface area contributed by atoms with E-state index >= 15 is 0 Å². The fourth-order valence-corrected chi connectivity index (χ4v) is 2.35. The van der Waals surface area contributed by atoms with Crippen LogP contribution in [-0.2, 0) is 0 Å². The van der Waals surface area contributed by atoms with Crippen molar-refractivity contribution in [2.45, 2.75) is 0 Å². The average molecular weight is 303 g/mol. The minimum Gasteiger partial charge on any atom is -0.324 e. The second kappa shape index (κ2) is 5.42. The monoisotopic (exact) mass is 303 g/mol. The number of carbonyl (C=O) groups is 1. The van der Waals surface area contributed by atoms with Gasteiger partial charge >= 0.3 is 0 Å². The maximum Gasteiger partial charge on any atom is 0.261 e. The first kappa shape index (κ1) is 13.3. The molecule has 23 heavy (non-hydrogen) atoms. The Morgan fingerprint density at radius 1 is 1.04 bits per heavy atom. The molecule has 0 atom stereocenters. The number of nitrogens with one attached hydrogen (secondary N) is 2. The molecule has 0 saturated carbocycles.